The van der Waals surface area contributed by atoms with Gasteiger partial charge in [-0.05, 0) is 46.7 Å². The molecule has 1 N–H and O–H groups in total. The van der Waals surface area contributed by atoms with Crippen molar-refractivity contribution < 1.29 is 9.84 Å². The summed E-state index contributed by atoms with van der Waals surface area (Å²) in [4.78, 5) is 0. The highest BCUT2D eigenvalue weighted by molar-refractivity contribution is 9.10. The average Bonchev–Trinajstić information content (AvgIpc) is 3.26. The molecule has 5 heteroatoms. The normalized spacial score (nSPS) is 19.5. The summed E-state index contributed by atoms with van der Waals surface area (Å²) in [5.74, 6) is 1.03. The maximum Gasteiger partial charge on any atom is 0.217 e. The Bertz CT molecular complexity index is 1350. The molecule has 4 nitrogen and oxygen atoms in total. The predicted octanol–water partition coefficient (Wildman–Crippen LogP) is 6.55. The largest absolute Gasteiger partial charge is 0.507 e. The van der Waals surface area contributed by atoms with Gasteiger partial charge in [0.05, 0.1) is 17.3 Å². The minimum Gasteiger partial charge on any atom is -0.507 e. The number of benzene rings is 4. The topological polar surface area (TPSA) is 45.1 Å². The van der Waals surface area contributed by atoms with E-state index in [-0.39, 0.29) is 11.8 Å². The third-order valence-electron chi connectivity index (χ3n) is 6.04. The fourth-order valence-electron chi connectivity index (χ4n) is 4.51. The lowest BCUT2D eigenvalue weighted by Crippen LogP contribution is -2.33. The fourth-order valence-corrected chi connectivity index (χ4v) is 4.88. The number of rotatable bonds is 2. The van der Waals surface area contributed by atoms with Crippen molar-refractivity contribution in [3.05, 3.63) is 106 Å². The first-order valence-corrected chi connectivity index (χ1v) is 11.1. The van der Waals surface area contributed by atoms with Gasteiger partial charge in [-0.15, -0.1) is 0 Å². The van der Waals surface area contributed by atoms with Crippen LogP contribution in [0, 0.1) is 0 Å². The summed E-state index contributed by atoms with van der Waals surface area (Å²) in [6.07, 6.45) is 0.277. The molecule has 4 aromatic carbocycles. The molecule has 2 atom stereocenters. The summed E-state index contributed by atoms with van der Waals surface area (Å²) in [7, 11) is 0. The summed E-state index contributed by atoms with van der Waals surface area (Å²) >= 11 is 3.52. The van der Waals surface area contributed by atoms with Gasteiger partial charge in [-0.2, -0.15) is 5.10 Å². The molecule has 152 valence electrons. The quantitative estimate of drug-likeness (QED) is 0.361. The molecular formula is C26H19BrN2O2. The van der Waals surface area contributed by atoms with E-state index in [0.717, 1.165) is 33.5 Å². The molecule has 0 radical (unpaired) electrons. The Labute approximate surface area is 188 Å². The van der Waals surface area contributed by atoms with E-state index in [0.29, 0.717) is 5.56 Å². The van der Waals surface area contributed by atoms with Crippen LogP contribution in [-0.2, 0) is 0 Å². The van der Waals surface area contributed by atoms with Crippen molar-refractivity contribution in [3.8, 4) is 11.5 Å². The number of phenolic OH excluding ortho intramolecular Hbond substituents is 1. The molecule has 6 rings (SSSR count). The lowest BCUT2D eigenvalue weighted by atomic mass is 9.95. The Morgan fingerprint density at radius 3 is 2.58 bits per heavy atom. The maximum atomic E-state index is 10.6. The maximum absolute atomic E-state index is 10.6. The molecule has 2 unspecified atom stereocenters. The van der Waals surface area contributed by atoms with Gasteiger partial charge in [0, 0.05) is 16.5 Å². The van der Waals surface area contributed by atoms with Crippen LogP contribution in [0.15, 0.2) is 94.5 Å². The number of hydrogen-bond donors (Lipinski definition) is 1. The van der Waals surface area contributed by atoms with E-state index in [4.69, 9.17) is 9.84 Å². The zero-order valence-electron chi connectivity index (χ0n) is 16.6. The minimum atomic E-state index is -0.504. The molecule has 4 aromatic rings. The van der Waals surface area contributed by atoms with Gasteiger partial charge < -0.3 is 9.84 Å². The first-order chi connectivity index (χ1) is 15.2. The molecule has 2 heterocycles. The van der Waals surface area contributed by atoms with Crippen LogP contribution < -0.4 is 4.74 Å². The molecule has 31 heavy (non-hydrogen) atoms. The number of fused-ring (bicyclic) bond motifs is 4. The molecule has 0 saturated carbocycles. The number of nitrogens with zero attached hydrogens (tertiary/aromatic N) is 2. The highest BCUT2D eigenvalue weighted by atomic mass is 79.9. The Hall–Kier alpha value is -3.31. The van der Waals surface area contributed by atoms with E-state index in [2.05, 4.69) is 64.5 Å². The molecule has 0 spiro atoms. The van der Waals surface area contributed by atoms with Crippen LogP contribution in [0.1, 0.15) is 35.4 Å². The van der Waals surface area contributed by atoms with E-state index in [1.54, 1.807) is 6.07 Å². The monoisotopic (exact) mass is 470 g/mol. The van der Waals surface area contributed by atoms with Gasteiger partial charge in [0.1, 0.15) is 11.5 Å². The Kier molecular flexibility index (Phi) is 4.25. The summed E-state index contributed by atoms with van der Waals surface area (Å²) in [6.45, 7) is 0. The van der Waals surface area contributed by atoms with Crippen LogP contribution >= 0.6 is 15.9 Å². The van der Waals surface area contributed by atoms with Gasteiger partial charge in [0.25, 0.3) is 0 Å². The molecule has 0 aromatic heterocycles. The van der Waals surface area contributed by atoms with Gasteiger partial charge >= 0.3 is 0 Å². The summed E-state index contributed by atoms with van der Waals surface area (Å²) in [5.41, 5.74) is 3.95. The van der Waals surface area contributed by atoms with Crippen molar-refractivity contribution in [3.63, 3.8) is 0 Å². The Balaban J connectivity index is 1.47. The highest BCUT2D eigenvalue weighted by Gasteiger charge is 2.41. The lowest BCUT2D eigenvalue weighted by molar-refractivity contribution is -0.0203. The van der Waals surface area contributed by atoms with E-state index in [1.165, 1.54) is 10.8 Å². The molecule has 0 saturated heterocycles. The predicted molar refractivity (Wildman–Crippen MR) is 125 cm³/mol. The SMILES string of the molecule is Oc1ccc(Br)cc1C1Oc2ccccc2C2CC(c3ccc4ccccc4c3)=NN21. The second-order valence-electron chi connectivity index (χ2n) is 7.92. The first-order valence-electron chi connectivity index (χ1n) is 10.3. The van der Waals surface area contributed by atoms with Gasteiger partial charge in [-0.1, -0.05) is 70.5 Å². The van der Waals surface area contributed by atoms with Gasteiger partial charge in [-0.25, -0.2) is 5.01 Å². The van der Waals surface area contributed by atoms with Gasteiger partial charge in [0.2, 0.25) is 6.23 Å². The third kappa shape index (κ3) is 3.08. The van der Waals surface area contributed by atoms with Gasteiger partial charge in [0.15, 0.2) is 0 Å². The molecule has 2 aliphatic heterocycles. The lowest BCUT2D eigenvalue weighted by Gasteiger charge is -2.38. The number of hydrogen-bond acceptors (Lipinski definition) is 4. The first kappa shape index (κ1) is 18.5. The number of hydrazone groups is 1. The van der Waals surface area contributed by atoms with E-state index in [1.807, 2.05) is 35.3 Å². The van der Waals surface area contributed by atoms with Crippen LogP contribution in [0.25, 0.3) is 10.8 Å². The molecule has 0 amide bonds. The van der Waals surface area contributed by atoms with Crippen molar-refractivity contribution in [1.82, 2.24) is 5.01 Å². The summed E-state index contributed by atoms with van der Waals surface area (Å²) in [6, 6.07) is 28.4. The number of aromatic hydroxyl groups is 1. The van der Waals surface area contributed by atoms with Crippen LogP contribution in [0.5, 0.6) is 11.5 Å². The van der Waals surface area contributed by atoms with Crippen molar-refractivity contribution >= 4 is 32.4 Å². The van der Waals surface area contributed by atoms with Crippen LogP contribution in [0.4, 0.5) is 0 Å². The average molecular weight is 471 g/mol. The number of phenols is 1. The Morgan fingerprint density at radius 2 is 1.68 bits per heavy atom. The Morgan fingerprint density at radius 1 is 0.871 bits per heavy atom. The van der Waals surface area contributed by atoms with Gasteiger partial charge in [-0.3, -0.25) is 0 Å². The zero-order valence-corrected chi connectivity index (χ0v) is 18.2. The van der Waals surface area contributed by atoms with Crippen LogP contribution in [0.3, 0.4) is 0 Å². The fraction of sp³-hybridized carbons (Fsp3) is 0.115. The highest BCUT2D eigenvalue weighted by Crippen LogP contribution is 2.49. The second kappa shape index (κ2) is 7.13. The van der Waals surface area contributed by atoms with E-state index < -0.39 is 6.23 Å². The molecule has 0 aliphatic carbocycles. The molecule has 2 aliphatic rings. The van der Waals surface area contributed by atoms with Crippen molar-refractivity contribution in [2.75, 3.05) is 0 Å². The van der Waals surface area contributed by atoms with Crippen LogP contribution in [-0.4, -0.2) is 15.8 Å². The zero-order chi connectivity index (χ0) is 20.9. The smallest absolute Gasteiger partial charge is 0.217 e. The van der Waals surface area contributed by atoms with Crippen molar-refractivity contribution in [2.24, 2.45) is 5.10 Å². The van der Waals surface area contributed by atoms with Crippen molar-refractivity contribution in [1.29, 1.82) is 0 Å². The second-order valence-corrected chi connectivity index (χ2v) is 8.84. The number of para-hydroxylation sites is 1. The van der Waals surface area contributed by atoms with E-state index >= 15 is 0 Å². The summed E-state index contributed by atoms with van der Waals surface area (Å²) in [5, 5.41) is 20.0. The molecule has 0 fully saturated rings. The standard InChI is InChI=1S/C26H19BrN2O2/c27-19-11-12-24(30)21(14-19)26-29-23(20-7-3-4-8-25(20)31-26)15-22(28-29)18-10-9-16-5-1-2-6-17(16)13-18/h1-14,23,26,30H,15H2. The summed E-state index contributed by atoms with van der Waals surface area (Å²) < 4.78 is 7.25. The number of ether oxygens (including phenoxy) is 1. The number of halogens is 1. The molecular weight excluding hydrogens is 452 g/mol. The minimum absolute atomic E-state index is 0.0507. The molecule has 0 bridgehead atoms. The third-order valence-corrected chi connectivity index (χ3v) is 6.53. The van der Waals surface area contributed by atoms with E-state index in [9.17, 15) is 5.11 Å². The van der Waals surface area contributed by atoms with Crippen molar-refractivity contribution in [2.45, 2.75) is 18.7 Å². The van der Waals surface area contributed by atoms with Crippen LogP contribution in [0.2, 0.25) is 0 Å².